The van der Waals surface area contributed by atoms with Gasteiger partial charge in [-0.1, -0.05) is 11.2 Å². The van der Waals surface area contributed by atoms with E-state index in [1.54, 1.807) is 12.1 Å². The van der Waals surface area contributed by atoms with Gasteiger partial charge in [0, 0.05) is 5.56 Å². The predicted molar refractivity (Wildman–Crippen MR) is 59.0 cm³/mol. The van der Waals surface area contributed by atoms with Gasteiger partial charge in [-0.05, 0) is 24.6 Å². The van der Waals surface area contributed by atoms with E-state index < -0.39 is 5.97 Å². The first-order valence-corrected chi connectivity index (χ1v) is 5.02. The van der Waals surface area contributed by atoms with Crippen molar-refractivity contribution in [2.75, 3.05) is 0 Å². The van der Waals surface area contributed by atoms with Crippen LogP contribution < -0.4 is 4.74 Å². The molecule has 1 N–H and O–H groups in total. The maximum Gasteiger partial charge on any atom is 0.339 e. The lowest BCUT2D eigenvalue weighted by molar-refractivity contribution is 0.0692. The highest BCUT2D eigenvalue weighted by molar-refractivity contribution is 5.90. The Balaban J connectivity index is 2.19. The van der Waals surface area contributed by atoms with Crippen LogP contribution in [0, 0.1) is 6.92 Å². The number of nitrogens with zero attached hydrogens (tertiary/aromatic N) is 1. The lowest BCUT2D eigenvalue weighted by atomic mass is 10.1. The number of ether oxygens (including phenoxy) is 1. The molecule has 0 bridgehead atoms. The number of hydrogen-bond acceptors (Lipinski definition) is 4. The molecule has 0 aliphatic carbocycles. The van der Waals surface area contributed by atoms with Crippen LogP contribution in [-0.4, -0.2) is 16.2 Å². The first-order valence-electron chi connectivity index (χ1n) is 5.02. The van der Waals surface area contributed by atoms with Gasteiger partial charge < -0.3 is 14.4 Å². The van der Waals surface area contributed by atoms with Gasteiger partial charge in [0.2, 0.25) is 0 Å². The molecule has 2 rings (SSSR count). The molecule has 1 aromatic heterocycles. The Morgan fingerprint density at radius 3 is 3.00 bits per heavy atom. The second kappa shape index (κ2) is 4.69. The molecule has 17 heavy (non-hydrogen) atoms. The van der Waals surface area contributed by atoms with E-state index in [0.29, 0.717) is 5.75 Å². The Hall–Kier alpha value is -2.30. The van der Waals surface area contributed by atoms with Crippen LogP contribution >= 0.6 is 0 Å². The van der Waals surface area contributed by atoms with E-state index in [4.69, 9.17) is 9.84 Å². The summed E-state index contributed by atoms with van der Waals surface area (Å²) in [5.41, 5.74) is 1.84. The third-order valence-corrected chi connectivity index (χ3v) is 2.25. The zero-order chi connectivity index (χ0) is 12.3. The van der Waals surface area contributed by atoms with Crippen LogP contribution in [0.25, 0.3) is 0 Å². The highest BCUT2D eigenvalue weighted by Crippen LogP contribution is 2.21. The van der Waals surface area contributed by atoms with Gasteiger partial charge in [0.1, 0.15) is 24.2 Å². The molecule has 0 saturated carbocycles. The number of carboxylic acids is 1. The van der Waals surface area contributed by atoms with Crippen LogP contribution in [0.3, 0.4) is 0 Å². The monoisotopic (exact) mass is 233 g/mol. The molecule has 0 spiro atoms. The second-order valence-electron chi connectivity index (χ2n) is 3.63. The molecule has 0 atom stereocenters. The molecule has 2 aromatic rings. The van der Waals surface area contributed by atoms with Crippen molar-refractivity contribution in [3.05, 3.63) is 47.3 Å². The number of benzene rings is 1. The summed E-state index contributed by atoms with van der Waals surface area (Å²) in [5, 5.41) is 12.5. The number of carbonyl (C=O) groups is 1. The van der Waals surface area contributed by atoms with Crippen LogP contribution in [0.1, 0.15) is 21.5 Å². The maximum atomic E-state index is 11.0. The highest BCUT2D eigenvalue weighted by atomic mass is 16.5. The Morgan fingerprint density at radius 1 is 1.53 bits per heavy atom. The molecule has 1 aromatic carbocycles. The third kappa shape index (κ3) is 2.63. The van der Waals surface area contributed by atoms with Crippen LogP contribution in [0.5, 0.6) is 5.75 Å². The summed E-state index contributed by atoms with van der Waals surface area (Å²) in [6, 6.07) is 4.95. The van der Waals surface area contributed by atoms with Gasteiger partial charge in [0.15, 0.2) is 0 Å². The standard InChI is InChI=1S/C12H11NO4/c1-8-2-3-10(12(14)15)11(4-8)16-6-9-5-13-17-7-9/h2-5,7H,6H2,1H3,(H,14,15). The van der Waals surface area contributed by atoms with Gasteiger partial charge in [-0.25, -0.2) is 4.79 Å². The van der Waals surface area contributed by atoms with Crippen molar-refractivity contribution in [3.63, 3.8) is 0 Å². The second-order valence-corrected chi connectivity index (χ2v) is 3.63. The highest BCUT2D eigenvalue weighted by Gasteiger charge is 2.11. The molecule has 5 heteroatoms. The van der Waals surface area contributed by atoms with Crippen LogP contribution in [-0.2, 0) is 6.61 Å². The average molecular weight is 233 g/mol. The molecule has 5 nitrogen and oxygen atoms in total. The summed E-state index contributed by atoms with van der Waals surface area (Å²) in [7, 11) is 0. The van der Waals surface area contributed by atoms with Gasteiger partial charge in [0.05, 0.1) is 6.20 Å². The summed E-state index contributed by atoms with van der Waals surface area (Å²) in [6.45, 7) is 2.10. The third-order valence-electron chi connectivity index (χ3n) is 2.25. The minimum absolute atomic E-state index is 0.145. The normalized spacial score (nSPS) is 10.2. The quantitative estimate of drug-likeness (QED) is 0.876. The van der Waals surface area contributed by atoms with Gasteiger partial charge in [-0.15, -0.1) is 0 Å². The minimum Gasteiger partial charge on any atom is -0.488 e. The number of hydrogen-bond donors (Lipinski definition) is 1. The molecular formula is C12H11NO4. The van der Waals surface area contributed by atoms with Gasteiger partial charge in [-0.2, -0.15) is 0 Å². The van der Waals surface area contributed by atoms with Crippen molar-refractivity contribution in [1.82, 2.24) is 5.16 Å². The first-order chi connectivity index (χ1) is 8.16. The molecular weight excluding hydrogens is 222 g/mol. The van der Waals surface area contributed by atoms with E-state index in [0.717, 1.165) is 11.1 Å². The lowest BCUT2D eigenvalue weighted by Gasteiger charge is -2.08. The Morgan fingerprint density at radius 2 is 2.35 bits per heavy atom. The number of aromatic nitrogens is 1. The summed E-state index contributed by atoms with van der Waals surface area (Å²) in [4.78, 5) is 11.0. The molecule has 0 amide bonds. The molecule has 88 valence electrons. The number of aromatic carboxylic acids is 1. The predicted octanol–water partition coefficient (Wildman–Crippen LogP) is 2.26. The molecule has 0 aliphatic rings. The Labute approximate surface area is 97.6 Å². The smallest absolute Gasteiger partial charge is 0.339 e. The largest absolute Gasteiger partial charge is 0.488 e. The van der Waals surface area contributed by atoms with Crippen molar-refractivity contribution < 1.29 is 19.2 Å². The van der Waals surface area contributed by atoms with E-state index in [9.17, 15) is 4.79 Å². The maximum absolute atomic E-state index is 11.0. The van der Waals surface area contributed by atoms with E-state index in [1.165, 1.54) is 18.5 Å². The van der Waals surface area contributed by atoms with Gasteiger partial charge >= 0.3 is 5.97 Å². The summed E-state index contributed by atoms with van der Waals surface area (Å²) in [6.07, 6.45) is 2.98. The van der Waals surface area contributed by atoms with Crippen LogP contribution in [0.2, 0.25) is 0 Å². The Kier molecular flexibility index (Phi) is 3.09. The SMILES string of the molecule is Cc1ccc(C(=O)O)c(OCc2cnoc2)c1. The summed E-state index contributed by atoms with van der Waals surface area (Å²) >= 11 is 0. The molecule has 0 fully saturated rings. The summed E-state index contributed by atoms with van der Waals surface area (Å²) in [5.74, 6) is -0.663. The van der Waals surface area contributed by atoms with E-state index in [2.05, 4.69) is 9.68 Å². The van der Waals surface area contributed by atoms with Crippen molar-refractivity contribution in [2.24, 2.45) is 0 Å². The fraction of sp³-hybridized carbons (Fsp3) is 0.167. The van der Waals surface area contributed by atoms with E-state index >= 15 is 0 Å². The molecule has 0 aliphatic heterocycles. The van der Waals surface area contributed by atoms with Crippen molar-refractivity contribution in [1.29, 1.82) is 0 Å². The minimum atomic E-state index is -1.01. The van der Waals surface area contributed by atoms with Gasteiger partial charge in [-0.3, -0.25) is 0 Å². The fourth-order valence-corrected chi connectivity index (χ4v) is 1.38. The summed E-state index contributed by atoms with van der Waals surface area (Å²) < 4.78 is 10.1. The van der Waals surface area contributed by atoms with Crippen molar-refractivity contribution in [3.8, 4) is 5.75 Å². The molecule has 0 unspecified atom stereocenters. The molecule has 0 radical (unpaired) electrons. The molecule has 1 heterocycles. The zero-order valence-corrected chi connectivity index (χ0v) is 9.21. The zero-order valence-electron chi connectivity index (χ0n) is 9.21. The fourth-order valence-electron chi connectivity index (χ4n) is 1.38. The number of rotatable bonds is 4. The Bertz CT molecular complexity index is 519. The van der Waals surface area contributed by atoms with Crippen molar-refractivity contribution in [2.45, 2.75) is 13.5 Å². The molecule has 0 saturated heterocycles. The van der Waals surface area contributed by atoms with E-state index in [1.807, 2.05) is 6.92 Å². The van der Waals surface area contributed by atoms with Crippen molar-refractivity contribution >= 4 is 5.97 Å². The number of carboxylic acid groups (broad SMARTS) is 1. The van der Waals surface area contributed by atoms with E-state index in [-0.39, 0.29) is 12.2 Å². The average Bonchev–Trinajstić information content (AvgIpc) is 2.78. The topological polar surface area (TPSA) is 72.6 Å². The van der Waals surface area contributed by atoms with Crippen LogP contribution in [0.15, 0.2) is 35.2 Å². The first kappa shape index (κ1) is 11.2. The van der Waals surface area contributed by atoms with Gasteiger partial charge in [0.25, 0.3) is 0 Å². The lowest BCUT2D eigenvalue weighted by Crippen LogP contribution is -2.03. The van der Waals surface area contributed by atoms with Crippen LogP contribution in [0.4, 0.5) is 0 Å². The number of aryl methyl sites for hydroxylation is 1.